The molecular formula is C14H19N3O2. The summed E-state index contributed by atoms with van der Waals surface area (Å²) in [6.07, 6.45) is 2.12. The topological polar surface area (TPSA) is 70.2 Å². The second kappa shape index (κ2) is 5.84. The van der Waals surface area contributed by atoms with Gasteiger partial charge in [-0.05, 0) is 44.5 Å². The van der Waals surface area contributed by atoms with E-state index < -0.39 is 0 Å². The number of amides is 2. The number of carbonyl (C=O) groups excluding carboxylic acids is 2. The lowest BCUT2D eigenvalue weighted by Crippen LogP contribution is -2.27. The van der Waals surface area contributed by atoms with E-state index in [0.717, 1.165) is 18.4 Å². The van der Waals surface area contributed by atoms with Crippen molar-refractivity contribution >= 4 is 17.5 Å². The zero-order valence-electron chi connectivity index (χ0n) is 11.2. The number of hydrogen-bond acceptors (Lipinski definition) is 3. The van der Waals surface area contributed by atoms with Crippen LogP contribution in [0.25, 0.3) is 0 Å². The number of likely N-dealkylation sites (N-methyl/N-ethyl adjacent to an activating group) is 1. The molecule has 1 aliphatic carbocycles. The summed E-state index contributed by atoms with van der Waals surface area (Å²) in [4.78, 5) is 23.5. The van der Waals surface area contributed by atoms with Crippen LogP contribution >= 0.6 is 0 Å². The van der Waals surface area contributed by atoms with Gasteiger partial charge < -0.3 is 16.0 Å². The minimum Gasteiger partial charge on any atom is -0.349 e. The van der Waals surface area contributed by atoms with Crippen LogP contribution in [0.2, 0.25) is 0 Å². The van der Waals surface area contributed by atoms with Gasteiger partial charge >= 0.3 is 0 Å². The average molecular weight is 261 g/mol. The van der Waals surface area contributed by atoms with Crippen molar-refractivity contribution < 1.29 is 9.59 Å². The number of hydrogen-bond donors (Lipinski definition) is 3. The summed E-state index contributed by atoms with van der Waals surface area (Å²) < 4.78 is 0. The standard InChI is InChI=1S/C14H19N3O2/c1-9-3-4-10(14(19)16-11-5-6-11)7-12(9)17-13(18)8-15-2/h3-4,7,11,15H,5-6,8H2,1-2H3,(H,16,19)(H,17,18). The molecule has 2 amide bonds. The number of nitrogens with one attached hydrogen (secondary N) is 3. The minimum absolute atomic E-state index is 0.0772. The molecule has 3 N–H and O–H groups in total. The first-order valence-electron chi connectivity index (χ1n) is 6.46. The van der Waals surface area contributed by atoms with E-state index in [1.165, 1.54) is 0 Å². The van der Waals surface area contributed by atoms with Crippen LogP contribution in [-0.2, 0) is 4.79 Å². The molecule has 0 spiro atoms. The maximum atomic E-state index is 11.9. The van der Waals surface area contributed by atoms with Crippen LogP contribution in [0.15, 0.2) is 18.2 Å². The quantitative estimate of drug-likeness (QED) is 0.742. The Morgan fingerprint density at radius 1 is 1.32 bits per heavy atom. The number of benzene rings is 1. The number of aryl methyl sites for hydroxylation is 1. The van der Waals surface area contributed by atoms with Gasteiger partial charge in [-0.1, -0.05) is 6.07 Å². The van der Waals surface area contributed by atoms with E-state index in [1.54, 1.807) is 19.2 Å². The fraction of sp³-hybridized carbons (Fsp3) is 0.429. The lowest BCUT2D eigenvalue weighted by atomic mass is 10.1. The third-order valence-corrected chi connectivity index (χ3v) is 3.02. The van der Waals surface area contributed by atoms with E-state index in [4.69, 9.17) is 0 Å². The van der Waals surface area contributed by atoms with Gasteiger partial charge in [-0.25, -0.2) is 0 Å². The molecule has 5 heteroatoms. The van der Waals surface area contributed by atoms with E-state index in [9.17, 15) is 9.59 Å². The fourth-order valence-corrected chi connectivity index (χ4v) is 1.75. The first-order valence-corrected chi connectivity index (χ1v) is 6.46. The summed E-state index contributed by atoms with van der Waals surface area (Å²) in [6, 6.07) is 5.68. The Kier molecular flexibility index (Phi) is 4.16. The van der Waals surface area contributed by atoms with Crippen LogP contribution < -0.4 is 16.0 Å². The molecule has 1 saturated carbocycles. The zero-order chi connectivity index (χ0) is 13.8. The van der Waals surface area contributed by atoms with E-state index in [-0.39, 0.29) is 18.4 Å². The summed E-state index contributed by atoms with van der Waals surface area (Å²) in [7, 11) is 1.71. The predicted octanol–water partition coefficient (Wildman–Crippen LogP) is 1.05. The van der Waals surface area contributed by atoms with Crippen molar-refractivity contribution in [1.29, 1.82) is 0 Å². The van der Waals surface area contributed by atoms with Gasteiger partial charge in [0.2, 0.25) is 5.91 Å². The van der Waals surface area contributed by atoms with Crippen LogP contribution in [0.3, 0.4) is 0 Å². The molecule has 2 rings (SSSR count). The summed E-state index contributed by atoms with van der Waals surface area (Å²) in [6.45, 7) is 2.15. The van der Waals surface area contributed by atoms with Crippen molar-refractivity contribution in [3.05, 3.63) is 29.3 Å². The Hall–Kier alpha value is -1.88. The van der Waals surface area contributed by atoms with Crippen LogP contribution in [0.5, 0.6) is 0 Å². The highest BCUT2D eigenvalue weighted by molar-refractivity contribution is 5.98. The third kappa shape index (κ3) is 3.79. The smallest absolute Gasteiger partial charge is 0.251 e. The van der Waals surface area contributed by atoms with Crippen molar-refractivity contribution in [3.8, 4) is 0 Å². The highest BCUT2D eigenvalue weighted by Gasteiger charge is 2.24. The fourth-order valence-electron chi connectivity index (χ4n) is 1.75. The molecule has 0 unspecified atom stereocenters. The molecule has 5 nitrogen and oxygen atoms in total. The zero-order valence-corrected chi connectivity index (χ0v) is 11.2. The summed E-state index contributed by atoms with van der Waals surface area (Å²) in [5.41, 5.74) is 2.20. The van der Waals surface area contributed by atoms with Crippen LogP contribution in [-0.4, -0.2) is 31.4 Å². The third-order valence-electron chi connectivity index (χ3n) is 3.02. The van der Waals surface area contributed by atoms with Crippen molar-refractivity contribution in [2.45, 2.75) is 25.8 Å². The maximum Gasteiger partial charge on any atom is 0.251 e. The molecule has 0 radical (unpaired) electrons. The van der Waals surface area contributed by atoms with Crippen molar-refractivity contribution in [2.24, 2.45) is 0 Å². The summed E-state index contributed by atoms with van der Waals surface area (Å²) in [5, 5.41) is 8.51. The Morgan fingerprint density at radius 2 is 2.05 bits per heavy atom. The van der Waals surface area contributed by atoms with Gasteiger partial charge in [-0.15, -0.1) is 0 Å². The van der Waals surface area contributed by atoms with Crippen molar-refractivity contribution in [1.82, 2.24) is 10.6 Å². The van der Waals surface area contributed by atoms with Gasteiger partial charge in [0, 0.05) is 17.3 Å². The number of anilines is 1. The molecule has 1 aliphatic rings. The first kappa shape index (κ1) is 13.5. The lowest BCUT2D eigenvalue weighted by Gasteiger charge is -2.10. The number of rotatable bonds is 5. The van der Waals surface area contributed by atoms with Gasteiger partial charge in [0.25, 0.3) is 5.91 Å². The maximum absolute atomic E-state index is 11.9. The highest BCUT2D eigenvalue weighted by atomic mass is 16.2. The molecule has 1 fully saturated rings. The molecule has 0 aromatic heterocycles. The van der Waals surface area contributed by atoms with E-state index in [2.05, 4.69) is 16.0 Å². The molecule has 102 valence electrons. The van der Waals surface area contributed by atoms with Gasteiger partial charge in [0.15, 0.2) is 0 Å². The van der Waals surface area contributed by atoms with Crippen molar-refractivity contribution in [2.75, 3.05) is 18.9 Å². The normalized spacial score (nSPS) is 14.0. The largest absolute Gasteiger partial charge is 0.349 e. The molecule has 0 heterocycles. The Morgan fingerprint density at radius 3 is 2.68 bits per heavy atom. The van der Waals surface area contributed by atoms with Gasteiger partial charge in [-0.2, -0.15) is 0 Å². The second-order valence-corrected chi connectivity index (χ2v) is 4.86. The van der Waals surface area contributed by atoms with Gasteiger partial charge in [0.1, 0.15) is 0 Å². The van der Waals surface area contributed by atoms with E-state index in [0.29, 0.717) is 17.3 Å². The van der Waals surface area contributed by atoms with Crippen LogP contribution in [0.4, 0.5) is 5.69 Å². The van der Waals surface area contributed by atoms with Crippen LogP contribution in [0.1, 0.15) is 28.8 Å². The lowest BCUT2D eigenvalue weighted by molar-refractivity contribution is -0.115. The average Bonchev–Trinajstić information content (AvgIpc) is 3.16. The van der Waals surface area contributed by atoms with Crippen molar-refractivity contribution in [3.63, 3.8) is 0 Å². The molecule has 0 aliphatic heterocycles. The Bertz CT molecular complexity index is 495. The Balaban J connectivity index is 2.09. The predicted molar refractivity (Wildman–Crippen MR) is 74.2 cm³/mol. The summed E-state index contributed by atoms with van der Waals surface area (Å²) in [5.74, 6) is -0.197. The number of carbonyl (C=O) groups is 2. The monoisotopic (exact) mass is 261 g/mol. The second-order valence-electron chi connectivity index (χ2n) is 4.86. The first-order chi connectivity index (χ1) is 9.10. The molecule has 1 aromatic carbocycles. The molecule has 19 heavy (non-hydrogen) atoms. The van der Waals surface area contributed by atoms with E-state index >= 15 is 0 Å². The molecule has 0 bridgehead atoms. The minimum atomic E-state index is -0.120. The van der Waals surface area contributed by atoms with E-state index in [1.807, 2.05) is 13.0 Å². The summed E-state index contributed by atoms with van der Waals surface area (Å²) >= 11 is 0. The van der Waals surface area contributed by atoms with Gasteiger partial charge in [-0.3, -0.25) is 9.59 Å². The van der Waals surface area contributed by atoms with Gasteiger partial charge in [0.05, 0.1) is 6.54 Å². The molecule has 0 saturated heterocycles. The Labute approximate surface area is 112 Å². The molecule has 1 aromatic rings. The molecule has 0 atom stereocenters. The SMILES string of the molecule is CNCC(=O)Nc1cc(C(=O)NC2CC2)ccc1C. The van der Waals surface area contributed by atoms with Crippen LogP contribution in [0, 0.1) is 6.92 Å². The molecular weight excluding hydrogens is 242 g/mol. The highest BCUT2D eigenvalue weighted by Crippen LogP contribution is 2.21.